The van der Waals surface area contributed by atoms with Crippen LogP contribution in [0.5, 0.6) is 0 Å². The topological polar surface area (TPSA) is 76.7 Å². The lowest BCUT2D eigenvalue weighted by Crippen LogP contribution is -2.30. The first kappa shape index (κ1) is 14.6. The molecule has 2 aromatic heterocycles. The Kier molecular flexibility index (Phi) is 5.76. The van der Waals surface area contributed by atoms with E-state index in [1.54, 1.807) is 12.5 Å². The first-order valence-corrected chi connectivity index (χ1v) is 5.35. The van der Waals surface area contributed by atoms with Crippen molar-refractivity contribution < 1.29 is 8.83 Å². The van der Waals surface area contributed by atoms with Gasteiger partial charge < -0.3 is 19.9 Å². The number of nitrogens with two attached hydrogens (primary N) is 1. The predicted molar refractivity (Wildman–Crippen MR) is 79.7 cm³/mol. The van der Waals surface area contributed by atoms with Crippen LogP contribution in [0.1, 0.15) is 17.1 Å². The van der Waals surface area contributed by atoms with Gasteiger partial charge in [-0.15, -0.1) is 24.0 Å². The van der Waals surface area contributed by atoms with Gasteiger partial charge in [-0.3, -0.25) is 0 Å². The number of rotatable bonds is 4. The van der Waals surface area contributed by atoms with E-state index in [4.69, 9.17) is 14.6 Å². The van der Waals surface area contributed by atoms with Gasteiger partial charge in [0, 0.05) is 5.56 Å². The molecule has 18 heavy (non-hydrogen) atoms. The first-order valence-electron chi connectivity index (χ1n) is 5.35. The lowest BCUT2D eigenvalue weighted by atomic mass is 10.3. The van der Waals surface area contributed by atoms with Crippen molar-refractivity contribution in [3.05, 3.63) is 47.8 Å². The van der Waals surface area contributed by atoms with Gasteiger partial charge in [0.15, 0.2) is 5.96 Å². The van der Waals surface area contributed by atoms with Gasteiger partial charge in [-0.25, -0.2) is 4.99 Å². The average molecular weight is 361 g/mol. The highest BCUT2D eigenvalue weighted by molar-refractivity contribution is 14.0. The van der Waals surface area contributed by atoms with Crippen molar-refractivity contribution in [3.8, 4) is 0 Å². The molecule has 0 aliphatic rings. The zero-order valence-corrected chi connectivity index (χ0v) is 12.4. The molecule has 0 aliphatic heterocycles. The summed E-state index contributed by atoms with van der Waals surface area (Å²) < 4.78 is 10.3. The number of nitrogens with one attached hydrogen (secondary N) is 1. The van der Waals surface area contributed by atoms with Crippen LogP contribution >= 0.6 is 24.0 Å². The maximum absolute atomic E-state index is 5.72. The van der Waals surface area contributed by atoms with Gasteiger partial charge in [0.1, 0.15) is 11.5 Å². The quantitative estimate of drug-likeness (QED) is 0.498. The number of guanidine groups is 1. The normalized spacial score (nSPS) is 11.1. The summed E-state index contributed by atoms with van der Waals surface area (Å²) in [5.74, 6) is 2.08. The van der Waals surface area contributed by atoms with Crippen molar-refractivity contribution >= 4 is 29.9 Å². The Balaban J connectivity index is 0.00000162. The fourth-order valence-electron chi connectivity index (χ4n) is 1.39. The number of furan rings is 2. The van der Waals surface area contributed by atoms with Crippen molar-refractivity contribution in [1.29, 1.82) is 0 Å². The number of nitrogens with zero attached hydrogens (tertiary/aromatic N) is 1. The van der Waals surface area contributed by atoms with Crippen LogP contribution in [-0.2, 0) is 13.1 Å². The SMILES string of the molecule is Cc1occc1CN=C(N)NCc1ccco1.I. The standard InChI is InChI=1S/C12H15N3O2.HI/c1-9-10(4-6-16-9)7-14-12(13)15-8-11-3-2-5-17-11;/h2-6H,7-8H2,1H3,(H3,13,14,15);1H. The molecule has 0 aromatic carbocycles. The molecule has 98 valence electrons. The van der Waals surface area contributed by atoms with Crippen LogP contribution in [0, 0.1) is 6.92 Å². The monoisotopic (exact) mass is 361 g/mol. The molecular weight excluding hydrogens is 345 g/mol. The Labute approximate surface area is 122 Å². The van der Waals surface area contributed by atoms with Crippen molar-refractivity contribution in [1.82, 2.24) is 5.32 Å². The molecule has 0 aliphatic carbocycles. The number of aryl methyl sites for hydroxylation is 1. The van der Waals surface area contributed by atoms with Gasteiger partial charge in [0.25, 0.3) is 0 Å². The van der Waals surface area contributed by atoms with Crippen LogP contribution in [0.2, 0.25) is 0 Å². The molecule has 6 heteroatoms. The number of hydrogen-bond donors (Lipinski definition) is 2. The molecule has 0 bridgehead atoms. The second-order valence-electron chi connectivity index (χ2n) is 3.64. The largest absolute Gasteiger partial charge is 0.469 e. The van der Waals surface area contributed by atoms with E-state index < -0.39 is 0 Å². The second-order valence-corrected chi connectivity index (χ2v) is 3.64. The summed E-state index contributed by atoms with van der Waals surface area (Å²) in [5.41, 5.74) is 6.76. The van der Waals surface area contributed by atoms with E-state index in [0.29, 0.717) is 19.0 Å². The maximum atomic E-state index is 5.72. The Morgan fingerprint density at radius 1 is 1.33 bits per heavy atom. The van der Waals surface area contributed by atoms with E-state index in [9.17, 15) is 0 Å². The Morgan fingerprint density at radius 3 is 2.78 bits per heavy atom. The number of halogens is 1. The van der Waals surface area contributed by atoms with Crippen molar-refractivity contribution in [2.24, 2.45) is 10.7 Å². The van der Waals surface area contributed by atoms with Crippen molar-refractivity contribution in [2.75, 3.05) is 0 Å². The third-order valence-corrected chi connectivity index (χ3v) is 2.41. The van der Waals surface area contributed by atoms with Crippen molar-refractivity contribution in [2.45, 2.75) is 20.0 Å². The molecule has 0 saturated carbocycles. The lowest BCUT2D eigenvalue weighted by molar-refractivity contribution is 0.502. The van der Waals surface area contributed by atoms with E-state index in [0.717, 1.165) is 17.1 Å². The number of hydrogen-bond acceptors (Lipinski definition) is 3. The van der Waals surface area contributed by atoms with Gasteiger partial charge in [-0.2, -0.15) is 0 Å². The molecule has 0 fully saturated rings. The summed E-state index contributed by atoms with van der Waals surface area (Å²) >= 11 is 0. The first-order chi connectivity index (χ1) is 8.25. The summed E-state index contributed by atoms with van der Waals surface area (Å²) in [4.78, 5) is 4.21. The minimum absolute atomic E-state index is 0. The maximum Gasteiger partial charge on any atom is 0.189 e. The lowest BCUT2D eigenvalue weighted by Gasteiger charge is -2.02. The molecule has 0 atom stereocenters. The molecule has 0 saturated heterocycles. The average Bonchev–Trinajstić information content (AvgIpc) is 2.95. The van der Waals surface area contributed by atoms with Crippen LogP contribution in [0.25, 0.3) is 0 Å². The molecule has 2 aromatic rings. The zero-order valence-electron chi connectivity index (χ0n) is 10.1. The third-order valence-electron chi connectivity index (χ3n) is 2.41. The van der Waals surface area contributed by atoms with Crippen LogP contribution in [0.15, 0.2) is 44.6 Å². The van der Waals surface area contributed by atoms with Gasteiger partial charge >= 0.3 is 0 Å². The minimum Gasteiger partial charge on any atom is -0.469 e. The van der Waals surface area contributed by atoms with Gasteiger partial charge in [-0.05, 0) is 25.1 Å². The van der Waals surface area contributed by atoms with Gasteiger partial charge in [-0.1, -0.05) is 0 Å². The smallest absolute Gasteiger partial charge is 0.189 e. The fourth-order valence-corrected chi connectivity index (χ4v) is 1.39. The minimum atomic E-state index is 0. The van der Waals surface area contributed by atoms with E-state index in [-0.39, 0.29) is 24.0 Å². The fraction of sp³-hybridized carbons (Fsp3) is 0.250. The van der Waals surface area contributed by atoms with E-state index >= 15 is 0 Å². The molecule has 2 heterocycles. The summed E-state index contributed by atoms with van der Waals surface area (Å²) in [5, 5.41) is 2.97. The molecular formula is C12H16IN3O2. The second kappa shape index (κ2) is 7.10. The molecule has 2 rings (SSSR count). The summed E-state index contributed by atoms with van der Waals surface area (Å²) in [6.07, 6.45) is 3.27. The van der Waals surface area contributed by atoms with Crippen LogP contribution in [0.4, 0.5) is 0 Å². The van der Waals surface area contributed by atoms with E-state index in [1.165, 1.54) is 0 Å². The summed E-state index contributed by atoms with van der Waals surface area (Å²) in [6, 6.07) is 5.60. The highest BCUT2D eigenvalue weighted by atomic mass is 127. The van der Waals surface area contributed by atoms with Gasteiger partial charge in [0.2, 0.25) is 0 Å². The highest BCUT2D eigenvalue weighted by Gasteiger charge is 2.00. The molecule has 0 unspecified atom stereocenters. The Bertz CT molecular complexity index is 491. The summed E-state index contributed by atoms with van der Waals surface area (Å²) in [6.45, 7) is 2.95. The van der Waals surface area contributed by atoms with Crippen LogP contribution in [-0.4, -0.2) is 5.96 Å². The van der Waals surface area contributed by atoms with E-state index in [2.05, 4.69) is 10.3 Å². The highest BCUT2D eigenvalue weighted by Crippen LogP contribution is 2.09. The molecule has 0 spiro atoms. The predicted octanol–water partition coefficient (Wildman–Crippen LogP) is 2.40. The molecule has 0 amide bonds. The van der Waals surface area contributed by atoms with Crippen LogP contribution in [0.3, 0.4) is 0 Å². The number of aliphatic imine (C=N–C) groups is 1. The Morgan fingerprint density at radius 2 is 2.17 bits per heavy atom. The Hall–Kier alpha value is -1.44. The zero-order chi connectivity index (χ0) is 12.1. The van der Waals surface area contributed by atoms with Crippen LogP contribution < -0.4 is 11.1 Å². The molecule has 5 nitrogen and oxygen atoms in total. The van der Waals surface area contributed by atoms with Gasteiger partial charge in [0.05, 0.1) is 25.6 Å². The molecule has 0 radical (unpaired) electrons. The summed E-state index contributed by atoms with van der Waals surface area (Å²) in [7, 11) is 0. The van der Waals surface area contributed by atoms with E-state index in [1.807, 2.05) is 25.1 Å². The third kappa shape index (κ3) is 4.10. The molecule has 3 N–H and O–H groups in total. The van der Waals surface area contributed by atoms with Crippen molar-refractivity contribution in [3.63, 3.8) is 0 Å².